The van der Waals surface area contributed by atoms with Crippen LogP contribution in [0.15, 0.2) is 40.9 Å². The summed E-state index contributed by atoms with van der Waals surface area (Å²) in [6, 6.07) is 1.63. The highest BCUT2D eigenvalue weighted by molar-refractivity contribution is 6.33. The normalized spacial score (nSPS) is 28.8. The van der Waals surface area contributed by atoms with Gasteiger partial charge < -0.3 is 26.2 Å². The number of aromatic hydroxyl groups is 1. The van der Waals surface area contributed by atoms with E-state index in [1.807, 2.05) is 17.1 Å². The van der Waals surface area contributed by atoms with E-state index in [4.69, 9.17) is 17.3 Å². The summed E-state index contributed by atoms with van der Waals surface area (Å²) in [7, 11) is 0. The van der Waals surface area contributed by atoms with Crippen molar-refractivity contribution in [2.24, 2.45) is 17.6 Å². The number of phenolic OH excluding ortho intramolecular Hbond substituents is 1. The van der Waals surface area contributed by atoms with Gasteiger partial charge >= 0.3 is 0 Å². The summed E-state index contributed by atoms with van der Waals surface area (Å²) in [4.78, 5) is 40.3. The second kappa shape index (κ2) is 7.69. The van der Waals surface area contributed by atoms with Gasteiger partial charge in [-0.1, -0.05) is 23.8 Å². The van der Waals surface area contributed by atoms with Crippen LogP contribution in [-0.4, -0.2) is 61.5 Å². The number of phenols is 1. The number of nitrogens with zero attached hydrogens (tertiary/aromatic N) is 1. The molecule has 1 aromatic rings. The molecule has 0 fully saturated rings. The minimum absolute atomic E-state index is 0.0636. The lowest BCUT2D eigenvalue weighted by molar-refractivity contribution is -0.144. The zero-order valence-corrected chi connectivity index (χ0v) is 18.8. The SMILES string of the molecule is NC(=O)C1=C(O)C[C@@H]2C[C@@H]3Cc4c(Cl)cc(CN5CC=CC5)c(O)c4C(=O)C3=C(O)[C@]2(O)C1=O. The molecule has 5 rings (SSSR count). The van der Waals surface area contributed by atoms with Crippen molar-refractivity contribution >= 4 is 29.1 Å². The number of Topliss-reactive ketones (excluding diaryl/α,β-unsaturated/α-hetero) is 2. The molecule has 1 heterocycles. The molecular weight excluding hydrogens is 464 g/mol. The zero-order chi connectivity index (χ0) is 24.5. The van der Waals surface area contributed by atoms with Gasteiger partial charge in [-0.25, -0.2) is 0 Å². The number of nitrogens with two attached hydrogens (primary N) is 1. The molecular formula is C24H23ClN2O7. The number of carbonyl (C=O) groups excluding carboxylic acids is 3. The van der Waals surface area contributed by atoms with Gasteiger partial charge in [-0.05, 0) is 30.4 Å². The average Bonchev–Trinajstić information content (AvgIpc) is 3.27. The Hall–Kier alpha value is -3.14. The monoisotopic (exact) mass is 486 g/mol. The number of benzene rings is 1. The molecule has 0 saturated carbocycles. The lowest BCUT2D eigenvalue weighted by Crippen LogP contribution is -2.57. The first-order valence-corrected chi connectivity index (χ1v) is 11.3. The Balaban J connectivity index is 1.62. The largest absolute Gasteiger partial charge is 0.511 e. The molecule has 4 aliphatic rings. The lowest BCUT2D eigenvalue weighted by Gasteiger charge is -2.45. The molecule has 10 heteroatoms. The smallest absolute Gasteiger partial charge is 0.255 e. The fraction of sp³-hybridized carbons (Fsp3) is 0.375. The number of halogens is 1. The molecule has 34 heavy (non-hydrogen) atoms. The van der Waals surface area contributed by atoms with Gasteiger partial charge in [0.2, 0.25) is 5.78 Å². The number of hydrogen-bond acceptors (Lipinski definition) is 8. The molecule has 1 amide bonds. The molecule has 0 saturated heterocycles. The van der Waals surface area contributed by atoms with Gasteiger partial charge in [0, 0.05) is 48.1 Å². The molecule has 0 radical (unpaired) electrons. The van der Waals surface area contributed by atoms with Gasteiger partial charge in [0.15, 0.2) is 11.4 Å². The molecule has 0 unspecified atom stereocenters. The van der Waals surface area contributed by atoms with Crippen LogP contribution in [0.2, 0.25) is 5.02 Å². The second-order valence-electron chi connectivity index (χ2n) is 9.30. The number of hydrogen-bond donors (Lipinski definition) is 5. The Morgan fingerprint density at radius 3 is 2.50 bits per heavy atom. The Labute approximate surface area is 199 Å². The highest BCUT2D eigenvalue weighted by Gasteiger charge is 2.59. The van der Waals surface area contributed by atoms with Crippen LogP contribution in [0.25, 0.3) is 0 Å². The third kappa shape index (κ3) is 3.04. The number of carbonyl (C=O) groups is 3. The van der Waals surface area contributed by atoms with Crippen LogP contribution in [0.1, 0.15) is 34.3 Å². The first-order chi connectivity index (χ1) is 16.1. The van der Waals surface area contributed by atoms with Crippen LogP contribution in [-0.2, 0) is 22.6 Å². The molecule has 9 nitrogen and oxygen atoms in total. The van der Waals surface area contributed by atoms with Crippen molar-refractivity contribution in [1.29, 1.82) is 0 Å². The minimum Gasteiger partial charge on any atom is -0.511 e. The van der Waals surface area contributed by atoms with Crippen molar-refractivity contribution in [1.82, 2.24) is 4.90 Å². The number of fused-ring (bicyclic) bond motifs is 3. The summed E-state index contributed by atoms with van der Waals surface area (Å²) < 4.78 is 0. The highest BCUT2D eigenvalue weighted by atomic mass is 35.5. The van der Waals surface area contributed by atoms with E-state index in [2.05, 4.69) is 0 Å². The van der Waals surface area contributed by atoms with E-state index >= 15 is 0 Å². The molecule has 3 atom stereocenters. The van der Waals surface area contributed by atoms with Gasteiger partial charge in [0.05, 0.1) is 5.56 Å². The summed E-state index contributed by atoms with van der Waals surface area (Å²) in [5, 5.41) is 43.9. The van der Waals surface area contributed by atoms with Crippen LogP contribution in [0.3, 0.4) is 0 Å². The van der Waals surface area contributed by atoms with Crippen LogP contribution < -0.4 is 5.73 Å². The fourth-order valence-corrected chi connectivity index (χ4v) is 6.01. The molecule has 1 aromatic carbocycles. The highest BCUT2D eigenvalue weighted by Crippen LogP contribution is 2.52. The molecule has 1 aliphatic heterocycles. The zero-order valence-electron chi connectivity index (χ0n) is 18.0. The van der Waals surface area contributed by atoms with Crippen LogP contribution >= 0.6 is 11.6 Å². The second-order valence-corrected chi connectivity index (χ2v) is 9.70. The average molecular weight is 487 g/mol. The van der Waals surface area contributed by atoms with Gasteiger partial charge in [0.1, 0.15) is 22.8 Å². The summed E-state index contributed by atoms with van der Waals surface area (Å²) in [5.74, 6) is -6.47. The number of ketones is 2. The van der Waals surface area contributed by atoms with Crippen molar-refractivity contribution in [3.8, 4) is 5.75 Å². The van der Waals surface area contributed by atoms with Gasteiger partial charge in [-0.15, -0.1) is 0 Å². The predicted octanol–water partition coefficient (Wildman–Crippen LogP) is 1.61. The maximum absolute atomic E-state index is 13.6. The Kier molecular flexibility index (Phi) is 5.12. The summed E-state index contributed by atoms with van der Waals surface area (Å²) in [6.45, 7) is 1.73. The number of allylic oxidation sites excluding steroid dienone is 2. The van der Waals surface area contributed by atoms with E-state index < -0.39 is 52.0 Å². The number of aliphatic hydroxyl groups is 3. The van der Waals surface area contributed by atoms with Crippen LogP contribution in [0, 0.1) is 11.8 Å². The molecule has 0 aromatic heterocycles. The third-order valence-corrected chi connectivity index (χ3v) is 7.71. The number of aliphatic hydroxyl groups excluding tert-OH is 2. The minimum atomic E-state index is -2.58. The fourth-order valence-electron chi connectivity index (χ4n) is 5.71. The lowest BCUT2D eigenvalue weighted by atomic mass is 9.60. The maximum Gasteiger partial charge on any atom is 0.255 e. The topological polar surface area (TPSA) is 161 Å². The first-order valence-electron chi connectivity index (χ1n) is 10.9. The van der Waals surface area contributed by atoms with Crippen molar-refractivity contribution in [2.45, 2.75) is 31.4 Å². The molecule has 3 aliphatic carbocycles. The van der Waals surface area contributed by atoms with E-state index in [-0.39, 0.29) is 36.1 Å². The van der Waals surface area contributed by atoms with E-state index in [0.717, 1.165) is 0 Å². The number of primary amides is 1. The van der Waals surface area contributed by atoms with Crippen LogP contribution in [0.5, 0.6) is 5.75 Å². The van der Waals surface area contributed by atoms with Crippen molar-refractivity contribution in [3.63, 3.8) is 0 Å². The quantitative estimate of drug-likeness (QED) is 0.318. The molecule has 6 N–H and O–H groups in total. The Morgan fingerprint density at radius 1 is 1.18 bits per heavy atom. The third-order valence-electron chi connectivity index (χ3n) is 7.37. The standard InChI is InChI=1S/C24H23ClN2O7/c25-14-7-11(9-27-3-1-2-4-27)19(29)17-13(14)6-10-5-12-8-15(28)18(23(26)33)22(32)24(12,34)21(31)16(10)20(17)30/h1-2,7,10,12,28-29,31,34H,3-6,8-9H2,(H2,26,33)/t10-,12+,24+/m1/s1. The molecule has 0 spiro atoms. The summed E-state index contributed by atoms with van der Waals surface area (Å²) in [6.07, 6.45) is 3.97. The van der Waals surface area contributed by atoms with Crippen molar-refractivity contribution in [3.05, 3.63) is 62.6 Å². The van der Waals surface area contributed by atoms with Gasteiger partial charge in [-0.2, -0.15) is 0 Å². The van der Waals surface area contributed by atoms with E-state index in [1.54, 1.807) is 6.07 Å². The van der Waals surface area contributed by atoms with Crippen molar-refractivity contribution in [2.75, 3.05) is 13.1 Å². The van der Waals surface area contributed by atoms with E-state index in [1.165, 1.54) is 0 Å². The maximum atomic E-state index is 13.6. The number of amides is 1. The summed E-state index contributed by atoms with van der Waals surface area (Å²) in [5.41, 5.74) is 2.46. The van der Waals surface area contributed by atoms with E-state index in [9.17, 15) is 34.8 Å². The van der Waals surface area contributed by atoms with Crippen molar-refractivity contribution < 1.29 is 34.8 Å². The van der Waals surface area contributed by atoms with E-state index in [0.29, 0.717) is 35.8 Å². The predicted molar refractivity (Wildman–Crippen MR) is 120 cm³/mol. The van der Waals surface area contributed by atoms with Crippen LogP contribution in [0.4, 0.5) is 0 Å². The summed E-state index contributed by atoms with van der Waals surface area (Å²) >= 11 is 6.52. The Morgan fingerprint density at radius 2 is 1.85 bits per heavy atom. The number of rotatable bonds is 3. The molecule has 178 valence electrons. The van der Waals surface area contributed by atoms with Gasteiger partial charge in [-0.3, -0.25) is 19.3 Å². The Bertz CT molecular complexity index is 1260. The first kappa shape index (κ1) is 22.6. The van der Waals surface area contributed by atoms with Gasteiger partial charge in [0.25, 0.3) is 5.91 Å². The molecule has 0 bridgehead atoms.